The molecule has 2 heteroatoms. The van der Waals surface area contributed by atoms with Gasteiger partial charge in [-0.3, -0.25) is 0 Å². The van der Waals surface area contributed by atoms with Crippen LogP contribution >= 0.6 is 0 Å². The highest BCUT2D eigenvalue weighted by Gasteiger charge is 2.08. The van der Waals surface area contributed by atoms with Gasteiger partial charge >= 0.3 is 0 Å². The Morgan fingerprint density at radius 2 is 1.52 bits per heavy atom. The van der Waals surface area contributed by atoms with E-state index < -0.39 is 0 Å². The number of hydrogen-bond donors (Lipinski definition) is 1. The number of hydrogen-bond acceptors (Lipinski definition) is 2. The van der Waals surface area contributed by atoms with Gasteiger partial charge in [0.25, 0.3) is 0 Å². The topological polar surface area (TPSA) is 35.2 Å². The Labute approximate surface area is 125 Å². The molecule has 2 N–H and O–H groups in total. The standard InChI is InChI=1S/C19H19NO/c20-17(14-21-18-10-2-1-3-11-18)13-16-9-6-8-15-7-4-5-12-19(15)16/h1-12,17H,13-14,20H2. The number of benzene rings is 3. The molecule has 21 heavy (non-hydrogen) atoms. The van der Waals surface area contributed by atoms with Gasteiger partial charge < -0.3 is 10.5 Å². The summed E-state index contributed by atoms with van der Waals surface area (Å²) >= 11 is 0. The van der Waals surface area contributed by atoms with Crippen LogP contribution < -0.4 is 10.5 Å². The minimum atomic E-state index is -0.0176. The van der Waals surface area contributed by atoms with Crippen molar-refractivity contribution < 1.29 is 4.74 Å². The summed E-state index contributed by atoms with van der Waals surface area (Å²) in [6, 6.07) is 24.5. The molecule has 2 nitrogen and oxygen atoms in total. The van der Waals surface area contributed by atoms with Crippen molar-refractivity contribution in [3.63, 3.8) is 0 Å². The lowest BCUT2D eigenvalue weighted by atomic mass is 9.99. The number of fused-ring (bicyclic) bond motifs is 1. The van der Waals surface area contributed by atoms with Crippen molar-refractivity contribution in [2.75, 3.05) is 6.61 Å². The Balaban J connectivity index is 1.67. The molecule has 0 heterocycles. The van der Waals surface area contributed by atoms with Gasteiger partial charge in [0, 0.05) is 6.04 Å². The van der Waals surface area contributed by atoms with Gasteiger partial charge in [0.05, 0.1) is 0 Å². The molecule has 106 valence electrons. The molecule has 3 aromatic rings. The lowest BCUT2D eigenvalue weighted by Gasteiger charge is -2.14. The van der Waals surface area contributed by atoms with Crippen molar-refractivity contribution in [2.45, 2.75) is 12.5 Å². The summed E-state index contributed by atoms with van der Waals surface area (Å²) in [4.78, 5) is 0. The third-order valence-electron chi connectivity index (χ3n) is 3.57. The summed E-state index contributed by atoms with van der Waals surface area (Å²) in [5.41, 5.74) is 7.49. The van der Waals surface area contributed by atoms with Gasteiger partial charge in [-0.15, -0.1) is 0 Å². The largest absolute Gasteiger partial charge is 0.492 e. The van der Waals surface area contributed by atoms with Crippen molar-refractivity contribution in [3.05, 3.63) is 78.4 Å². The highest BCUT2D eigenvalue weighted by Crippen LogP contribution is 2.19. The van der Waals surface area contributed by atoms with Crippen LogP contribution in [0.5, 0.6) is 5.75 Å². The average Bonchev–Trinajstić information content (AvgIpc) is 2.54. The fourth-order valence-corrected chi connectivity index (χ4v) is 2.53. The van der Waals surface area contributed by atoms with Crippen LogP contribution in [0.3, 0.4) is 0 Å². The Hall–Kier alpha value is -2.32. The van der Waals surface area contributed by atoms with Crippen LogP contribution in [0.25, 0.3) is 10.8 Å². The number of ether oxygens (including phenoxy) is 1. The first-order valence-corrected chi connectivity index (χ1v) is 7.23. The van der Waals surface area contributed by atoms with Crippen LogP contribution in [0, 0.1) is 0 Å². The van der Waals surface area contributed by atoms with Crippen LogP contribution in [0.15, 0.2) is 72.8 Å². The van der Waals surface area contributed by atoms with Gasteiger partial charge in [0.2, 0.25) is 0 Å². The molecular formula is C19H19NO. The molecule has 0 saturated heterocycles. The summed E-state index contributed by atoms with van der Waals surface area (Å²) < 4.78 is 5.73. The zero-order valence-electron chi connectivity index (χ0n) is 11.9. The van der Waals surface area contributed by atoms with Gasteiger partial charge in [-0.2, -0.15) is 0 Å². The van der Waals surface area contributed by atoms with E-state index in [1.165, 1.54) is 16.3 Å². The van der Waals surface area contributed by atoms with Gasteiger partial charge in [-0.1, -0.05) is 60.7 Å². The number of para-hydroxylation sites is 1. The van der Waals surface area contributed by atoms with Crippen molar-refractivity contribution >= 4 is 10.8 Å². The molecule has 0 amide bonds. The second-order valence-corrected chi connectivity index (χ2v) is 5.23. The van der Waals surface area contributed by atoms with Crippen LogP contribution in [-0.2, 0) is 6.42 Å². The average molecular weight is 277 g/mol. The smallest absolute Gasteiger partial charge is 0.119 e. The molecule has 0 fully saturated rings. The normalized spacial score (nSPS) is 12.2. The molecule has 0 saturated carbocycles. The van der Waals surface area contributed by atoms with Gasteiger partial charge in [-0.25, -0.2) is 0 Å². The third-order valence-corrected chi connectivity index (χ3v) is 3.57. The Morgan fingerprint density at radius 3 is 2.38 bits per heavy atom. The molecule has 0 aliphatic rings. The maximum atomic E-state index is 6.22. The molecule has 1 unspecified atom stereocenters. The lowest BCUT2D eigenvalue weighted by molar-refractivity contribution is 0.288. The quantitative estimate of drug-likeness (QED) is 0.770. The highest BCUT2D eigenvalue weighted by molar-refractivity contribution is 5.85. The van der Waals surface area contributed by atoms with Gasteiger partial charge in [-0.05, 0) is 34.9 Å². The molecule has 0 radical (unpaired) electrons. The van der Waals surface area contributed by atoms with E-state index in [-0.39, 0.29) is 6.04 Å². The predicted molar refractivity (Wildman–Crippen MR) is 87.6 cm³/mol. The number of rotatable bonds is 5. The molecule has 0 bridgehead atoms. The van der Waals surface area contributed by atoms with Crippen LogP contribution in [0.2, 0.25) is 0 Å². The molecular weight excluding hydrogens is 258 g/mol. The summed E-state index contributed by atoms with van der Waals surface area (Å²) in [6.07, 6.45) is 0.814. The lowest BCUT2D eigenvalue weighted by Crippen LogP contribution is -2.30. The summed E-state index contributed by atoms with van der Waals surface area (Å²) in [5, 5.41) is 2.53. The molecule has 3 aromatic carbocycles. The first-order valence-electron chi connectivity index (χ1n) is 7.23. The maximum Gasteiger partial charge on any atom is 0.119 e. The van der Waals surface area contributed by atoms with E-state index in [9.17, 15) is 0 Å². The molecule has 0 aliphatic heterocycles. The van der Waals surface area contributed by atoms with E-state index in [2.05, 4.69) is 42.5 Å². The fraction of sp³-hybridized carbons (Fsp3) is 0.158. The SMILES string of the molecule is NC(COc1ccccc1)Cc1cccc2ccccc12. The summed E-state index contributed by atoms with van der Waals surface area (Å²) in [5.74, 6) is 0.867. The van der Waals surface area contributed by atoms with E-state index in [0.717, 1.165) is 12.2 Å². The van der Waals surface area contributed by atoms with Crippen LogP contribution in [0.4, 0.5) is 0 Å². The highest BCUT2D eigenvalue weighted by atomic mass is 16.5. The van der Waals surface area contributed by atoms with Gasteiger partial charge in [0.1, 0.15) is 12.4 Å². The van der Waals surface area contributed by atoms with Gasteiger partial charge in [0.15, 0.2) is 0 Å². The van der Waals surface area contributed by atoms with E-state index >= 15 is 0 Å². The minimum absolute atomic E-state index is 0.0176. The van der Waals surface area contributed by atoms with Crippen molar-refractivity contribution in [3.8, 4) is 5.75 Å². The van der Waals surface area contributed by atoms with Crippen LogP contribution in [0.1, 0.15) is 5.56 Å². The van der Waals surface area contributed by atoms with Crippen molar-refractivity contribution in [2.24, 2.45) is 5.73 Å². The summed E-state index contributed by atoms with van der Waals surface area (Å²) in [7, 11) is 0. The van der Waals surface area contributed by atoms with E-state index in [0.29, 0.717) is 6.61 Å². The van der Waals surface area contributed by atoms with Crippen LogP contribution in [-0.4, -0.2) is 12.6 Å². The Bertz CT molecular complexity index is 704. The third kappa shape index (κ3) is 3.41. The summed E-state index contributed by atoms with van der Waals surface area (Å²) in [6.45, 7) is 0.521. The predicted octanol–water partition coefficient (Wildman–Crippen LogP) is 3.79. The molecule has 0 aliphatic carbocycles. The second-order valence-electron chi connectivity index (χ2n) is 5.23. The zero-order chi connectivity index (χ0) is 14.5. The molecule has 3 rings (SSSR count). The zero-order valence-corrected chi connectivity index (χ0v) is 11.9. The minimum Gasteiger partial charge on any atom is -0.492 e. The monoisotopic (exact) mass is 277 g/mol. The molecule has 1 atom stereocenters. The van der Waals surface area contributed by atoms with Crippen molar-refractivity contribution in [1.82, 2.24) is 0 Å². The molecule has 0 spiro atoms. The second kappa shape index (κ2) is 6.42. The Morgan fingerprint density at radius 1 is 0.810 bits per heavy atom. The van der Waals surface area contributed by atoms with E-state index in [1.807, 2.05) is 30.3 Å². The maximum absolute atomic E-state index is 6.22. The molecule has 0 aromatic heterocycles. The first-order chi connectivity index (χ1) is 10.3. The Kier molecular flexibility index (Phi) is 4.17. The number of nitrogens with two attached hydrogens (primary N) is 1. The fourth-order valence-electron chi connectivity index (χ4n) is 2.53. The van der Waals surface area contributed by atoms with E-state index in [1.54, 1.807) is 0 Å². The first kappa shape index (κ1) is 13.7. The van der Waals surface area contributed by atoms with Crippen molar-refractivity contribution in [1.29, 1.82) is 0 Å². The van der Waals surface area contributed by atoms with E-state index in [4.69, 9.17) is 10.5 Å².